The van der Waals surface area contributed by atoms with Gasteiger partial charge in [0, 0.05) is 5.92 Å². The highest BCUT2D eigenvalue weighted by Crippen LogP contribution is 2.42. The van der Waals surface area contributed by atoms with E-state index in [1.807, 2.05) is 0 Å². The number of alkyl halides is 4. The molecule has 106 valence electrons. The van der Waals surface area contributed by atoms with Crippen molar-refractivity contribution in [2.24, 2.45) is 11.8 Å². The molecule has 1 saturated heterocycles. The highest BCUT2D eigenvalue weighted by Gasteiger charge is 2.54. The van der Waals surface area contributed by atoms with E-state index in [0.717, 1.165) is 12.2 Å². The second-order valence-electron chi connectivity index (χ2n) is 4.94. The van der Waals surface area contributed by atoms with Crippen LogP contribution in [0.25, 0.3) is 0 Å². The van der Waals surface area contributed by atoms with E-state index in [1.54, 1.807) is 0 Å². The predicted octanol–water partition coefficient (Wildman–Crippen LogP) is 2.57. The van der Waals surface area contributed by atoms with E-state index in [0.29, 0.717) is 25.9 Å². The van der Waals surface area contributed by atoms with Crippen LogP contribution in [0.15, 0.2) is 24.3 Å². The van der Waals surface area contributed by atoms with E-state index in [1.165, 1.54) is 12.2 Å². The third-order valence-corrected chi connectivity index (χ3v) is 3.77. The van der Waals surface area contributed by atoms with Gasteiger partial charge in [-0.1, -0.05) is 18.2 Å². The van der Waals surface area contributed by atoms with Crippen LogP contribution in [0.5, 0.6) is 0 Å². The molecule has 2 rings (SSSR count). The topological polar surface area (TPSA) is 29.1 Å². The van der Waals surface area contributed by atoms with Gasteiger partial charge in [-0.05, 0) is 32.0 Å². The summed E-state index contributed by atoms with van der Waals surface area (Å²) in [6.07, 6.45) is 0.654. The van der Waals surface area contributed by atoms with Gasteiger partial charge in [0.1, 0.15) is 5.67 Å². The van der Waals surface area contributed by atoms with Gasteiger partial charge in [0.15, 0.2) is 0 Å². The standard InChI is InChI=1S/C13H15F4NO/c14-12(9-4-7-18-8-5-9)6-2-1-3-10(12)11(19)13(15,16)17/h1-3,6,9-10,18H,4-5,7-8H2. The summed E-state index contributed by atoms with van der Waals surface area (Å²) in [5.74, 6) is -4.33. The molecular weight excluding hydrogens is 262 g/mol. The van der Waals surface area contributed by atoms with Gasteiger partial charge in [-0.25, -0.2) is 4.39 Å². The van der Waals surface area contributed by atoms with Crippen LogP contribution in [-0.2, 0) is 4.79 Å². The molecule has 1 heterocycles. The molecule has 1 N–H and O–H groups in total. The summed E-state index contributed by atoms with van der Waals surface area (Å²) in [7, 11) is 0. The van der Waals surface area contributed by atoms with Gasteiger partial charge in [-0.3, -0.25) is 4.79 Å². The van der Waals surface area contributed by atoms with Gasteiger partial charge in [0.05, 0.1) is 5.92 Å². The molecule has 2 nitrogen and oxygen atoms in total. The Morgan fingerprint density at radius 3 is 2.42 bits per heavy atom. The molecule has 0 saturated carbocycles. The van der Waals surface area contributed by atoms with E-state index in [2.05, 4.69) is 5.32 Å². The molecule has 1 aliphatic heterocycles. The molecule has 0 bridgehead atoms. The van der Waals surface area contributed by atoms with Crippen molar-refractivity contribution in [1.82, 2.24) is 5.32 Å². The third kappa shape index (κ3) is 2.73. The maximum atomic E-state index is 15.0. The largest absolute Gasteiger partial charge is 0.450 e. The summed E-state index contributed by atoms with van der Waals surface area (Å²) in [6.45, 7) is 1.11. The van der Waals surface area contributed by atoms with Crippen LogP contribution in [0.1, 0.15) is 12.8 Å². The first-order valence-corrected chi connectivity index (χ1v) is 6.22. The van der Waals surface area contributed by atoms with Crippen molar-refractivity contribution >= 4 is 5.78 Å². The number of ketones is 1. The molecule has 0 amide bonds. The Morgan fingerprint density at radius 1 is 1.21 bits per heavy atom. The molecule has 6 heteroatoms. The molecule has 0 aromatic rings. The monoisotopic (exact) mass is 277 g/mol. The fourth-order valence-corrected chi connectivity index (χ4v) is 2.75. The van der Waals surface area contributed by atoms with Crippen LogP contribution >= 0.6 is 0 Å². The van der Waals surface area contributed by atoms with Crippen molar-refractivity contribution in [3.63, 3.8) is 0 Å². The van der Waals surface area contributed by atoms with E-state index < -0.39 is 29.5 Å². The van der Waals surface area contributed by atoms with E-state index in [9.17, 15) is 18.0 Å². The molecule has 2 atom stereocenters. The molecule has 1 aliphatic carbocycles. The predicted molar refractivity (Wildman–Crippen MR) is 62.3 cm³/mol. The average Bonchev–Trinajstić information content (AvgIpc) is 2.38. The molecule has 2 aliphatic rings. The summed E-state index contributed by atoms with van der Waals surface area (Å²) in [5.41, 5.74) is -2.23. The lowest BCUT2D eigenvalue weighted by molar-refractivity contribution is -0.178. The minimum Gasteiger partial charge on any atom is -0.317 e. The van der Waals surface area contributed by atoms with E-state index in [4.69, 9.17) is 0 Å². The molecule has 0 radical (unpaired) electrons. The summed E-state index contributed by atoms with van der Waals surface area (Å²) in [6, 6.07) is 0. The Balaban J connectivity index is 2.27. The van der Waals surface area contributed by atoms with E-state index >= 15 is 4.39 Å². The summed E-state index contributed by atoms with van der Waals surface area (Å²) < 4.78 is 52.7. The molecular formula is C13H15F4NO. The van der Waals surface area contributed by atoms with Crippen molar-refractivity contribution in [3.8, 4) is 0 Å². The minimum atomic E-state index is -5.01. The first-order valence-electron chi connectivity index (χ1n) is 6.22. The molecule has 0 aromatic carbocycles. The molecule has 2 unspecified atom stereocenters. The number of piperidine rings is 1. The van der Waals surface area contributed by atoms with Gasteiger partial charge in [0.2, 0.25) is 5.78 Å². The van der Waals surface area contributed by atoms with Crippen molar-refractivity contribution < 1.29 is 22.4 Å². The number of rotatable bonds is 2. The Morgan fingerprint density at radius 2 is 1.84 bits per heavy atom. The van der Waals surface area contributed by atoms with Crippen molar-refractivity contribution in [3.05, 3.63) is 24.3 Å². The summed E-state index contributed by atoms with van der Waals surface area (Å²) in [4.78, 5) is 11.4. The average molecular weight is 277 g/mol. The van der Waals surface area contributed by atoms with Gasteiger partial charge in [-0.2, -0.15) is 13.2 Å². The van der Waals surface area contributed by atoms with Gasteiger partial charge >= 0.3 is 6.18 Å². The van der Waals surface area contributed by atoms with Crippen LogP contribution in [0.3, 0.4) is 0 Å². The SMILES string of the molecule is O=C(C1C=CC=CC1(F)C1CCNCC1)C(F)(F)F. The lowest BCUT2D eigenvalue weighted by Gasteiger charge is -2.39. The number of hydrogen-bond donors (Lipinski definition) is 1. The first kappa shape index (κ1) is 14.2. The Hall–Kier alpha value is -1.17. The number of carbonyl (C=O) groups excluding carboxylic acids is 1. The zero-order valence-electron chi connectivity index (χ0n) is 10.2. The molecule has 1 fully saturated rings. The van der Waals surface area contributed by atoms with Crippen molar-refractivity contribution in [1.29, 1.82) is 0 Å². The maximum Gasteiger partial charge on any atom is 0.450 e. The van der Waals surface area contributed by atoms with Gasteiger partial charge in [0.25, 0.3) is 0 Å². The van der Waals surface area contributed by atoms with Crippen molar-refractivity contribution in [2.45, 2.75) is 24.7 Å². The lowest BCUT2D eigenvalue weighted by Crippen LogP contribution is -2.50. The Labute approximate surface area is 108 Å². The zero-order chi connectivity index (χ0) is 14.1. The van der Waals surface area contributed by atoms with Crippen molar-refractivity contribution in [2.75, 3.05) is 13.1 Å². The first-order chi connectivity index (χ1) is 8.86. The fraction of sp³-hybridized carbons (Fsp3) is 0.615. The van der Waals surface area contributed by atoms with Crippen LogP contribution in [0.4, 0.5) is 17.6 Å². The van der Waals surface area contributed by atoms with Crippen LogP contribution in [0.2, 0.25) is 0 Å². The summed E-state index contributed by atoms with van der Waals surface area (Å²) >= 11 is 0. The smallest absolute Gasteiger partial charge is 0.317 e. The number of nitrogens with one attached hydrogen (secondary N) is 1. The summed E-state index contributed by atoms with van der Waals surface area (Å²) in [5, 5.41) is 3.03. The number of carbonyl (C=O) groups is 1. The highest BCUT2D eigenvalue weighted by molar-refractivity contribution is 5.89. The second kappa shape index (κ2) is 5.07. The maximum absolute atomic E-state index is 15.0. The van der Waals surface area contributed by atoms with E-state index in [-0.39, 0.29) is 0 Å². The Kier molecular flexibility index (Phi) is 3.80. The van der Waals surface area contributed by atoms with Crippen LogP contribution < -0.4 is 5.32 Å². The number of allylic oxidation sites excluding steroid dienone is 4. The minimum absolute atomic E-state index is 0.427. The normalized spacial score (nSPS) is 32.5. The molecule has 19 heavy (non-hydrogen) atoms. The van der Waals surface area contributed by atoms with Gasteiger partial charge in [-0.15, -0.1) is 0 Å². The fourth-order valence-electron chi connectivity index (χ4n) is 2.75. The zero-order valence-corrected chi connectivity index (χ0v) is 10.2. The second-order valence-corrected chi connectivity index (χ2v) is 4.94. The van der Waals surface area contributed by atoms with Crippen LogP contribution in [0, 0.1) is 11.8 Å². The molecule has 0 spiro atoms. The number of halogens is 4. The number of Topliss-reactive ketones (excluding diaryl/α,β-unsaturated/α-hetero) is 1. The molecule has 0 aromatic heterocycles. The highest BCUT2D eigenvalue weighted by atomic mass is 19.4. The third-order valence-electron chi connectivity index (χ3n) is 3.77. The quantitative estimate of drug-likeness (QED) is 0.786. The Bertz CT molecular complexity index is 409. The van der Waals surface area contributed by atoms with Crippen LogP contribution in [-0.4, -0.2) is 30.7 Å². The van der Waals surface area contributed by atoms with Gasteiger partial charge < -0.3 is 5.32 Å². The number of hydrogen-bond acceptors (Lipinski definition) is 2. The lowest BCUT2D eigenvalue weighted by atomic mass is 9.71.